The van der Waals surface area contributed by atoms with Gasteiger partial charge < -0.3 is 20.0 Å². The maximum atomic E-state index is 12.8. The van der Waals surface area contributed by atoms with Crippen molar-refractivity contribution in [3.63, 3.8) is 0 Å². The third kappa shape index (κ3) is 3.66. The van der Waals surface area contributed by atoms with Gasteiger partial charge in [0.2, 0.25) is 11.8 Å². The van der Waals surface area contributed by atoms with E-state index in [1.54, 1.807) is 6.33 Å². The lowest BCUT2D eigenvalue weighted by atomic mass is 9.95. The zero-order valence-electron chi connectivity index (χ0n) is 17.2. The number of rotatable bonds is 3. The summed E-state index contributed by atoms with van der Waals surface area (Å²) in [7, 11) is 0. The Bertz CT molecular complexity index is 950. The number of amides is 2. The second-order valence-corrected chi connectivity index (χ2v) is 8.44. The van der Waals surface area contributed by atoms with E-state index in [1.165, 1.54) is 12.8 Å². The SMILES string of the molecule is O=C1CC(C(=O)N2CCN(c3ccc4ncnc(N5CCCC5)c4c3)CC2)CCN1. The number of piperazine rings is 1. The van der Waals surface area contributed by atoms with Crippen molar-refractivity contribution in [2.45, 2.75) is 25.7 Å². The molecule has 4 heterocycles. The molecule has 3 aliphatic rings. The second kappa shape index (κ2) is 8.08. The van der Waals surface area contributed by atoms with Crippen LogP contribution in [0.2, 0.25) is 0 Å². The number of anilines is 2. The number of nitrogens with zero attached hydrogens (tertiary/aromatic N) is 5. The lowest BCUT2D eigenvalue weighted by Gasteiger charge is -2.38. The van der Waals surface area contributed by atoms with Gasteiger partial charge in [0.15, 0.2) is 0 Å². The molecule has 3 fully saturated rings. The maximum Gasteiger partial charge on any atom is 0.226 e. The summed E-state index contributed by atoms with van der Waals surface area (Å²) in [5.74, 6) is 0.994. The van der Waals surface area contributed by atoms with E-state index in [0.29, 0.717) is 26.1 Å². The Morgan fingerprint density at radius 2 is 1.80 bits per heavy atom. The van der Waals surface area contributed by atoms with Gasteiger partial charge in [-0.05, 0) is 37.5 Å². The van der Waals surface area contributed by atoms with Crippen LogP contribution in [-0.2, 0) is 9.59 Å². The van der Waals surface area contributed by atoms with Crippen molar-refractivity contribution in [3.05, 3.63) is 24.5 Å². The summed E-state index contributed by atoms with van der Waals surface area (Å²) < 4.78 is 0. The molecule has 1 aromatic carbocycles. The van der Waals surface area contributed by atoms with Crippen molar-refractivity contribution in [1.29, 1.82) is 0 Å². The predicted molar refractivity (Wildman–Crippen MR) is 116 cm³/mol. The van der Waals surface area contributed by atoms with Gasteiger partial charge >= 0.3 is 0 Å². The Hall–Kier alpha value is -2.90. The fourth-order valence-corrected chi connectivity index (χ4v) is 4.85. The molecule has 158 valence electrons. The molecule has 2 aromatic rings. The molecule has 0 aliphatic carbocycles. The largest absolute Gasteiger partial charge is 0.368 e. The maximum absolute atomic E-state index is 12.8. The van der Waals surface area contributed by atoms with Crippen molar-refractivity contribution >= 4 is 34.2 Å². The van der Waals surface area contributed by atoms with Gasteiger partial charge in [-0.15, -0.1) is 0 Å². The first-order valence-electron chi connectivity index (χ1n) is 11.0. The van der Waals surface area contributed by atoms with Crippen LogP contribution in [-0.4, -0.2) is 72.5 Å². The number of aromatic nitrogens is 2. The third-order valence-electron chi connectivity index (χ3n) is 6.56. The van der Waals surface area contributed by atoms with Crippen molar-refractivity contribution < 1.29 is 9.59 Å². The van der Waals surface area contributed by atoms with Gasteiger partial charge in [-0.1, -0.05) is 0 Å². The standard InChI is InChI=1S/C22H28N6O2/c29-20-13-16(5-6-23-20)22(30)28-11-9-26(10-12-28)17-3-4-19-18(14-17)21(25-15-24-19)27-7-1-2-8-27/h3-4,14-16H,1-2,5-13H2,(H,23,29). The number of carbonyl (C=O) groups is 2. The number of benzene rings is 1. The minimum absolute atomic E-state index is 0.00887. The van der Waals surface area contributed by atoms with Gasteiger partial charge in [0, 0.05) is 69.2 Å². The summed E-state index contributed by atoms with van der Waals surface area (Å²) in [6.45, 7) is 5.69. The Kier molecular flexibility index (Phi) is 5.14. The van der Waals surface area contributed by atoms with Crippen LogP contribution in [0.15, 0.2) is 24.5 Å². The number of nitrogens with one attached hydrogen (secondary N) is 1. The quantitative estimate of drug-likeness (QED) is 0.827. The van der Waals surface area contributed by atoms with Gasteiger partial charge in [-0.2, -0.15) is 0 Å². The molecule has 30 heavy (non-hydrogen) atoms. The molecule has 5 rings (SSSR count). The van der Waals surface area contributed by atoms with E-state index in [-0.39, 0.29) is 17.7 Å². The van der Waals surface area contributed by atoms with Gasteiger partial charge in [-0.3, -0.25) is 9.59 Å². The number of hydrogen-bond acceptors (Lipinski definition) is 6. The highest BCUT2D eigenvalue weighted by Gasteiger charge is 2.31. The molecule has 0 bridgehead atoms. The lowest BCUT2D eigenvalue weighted by Crippen LogP contribution is -2.52. The zero-order chi connectivity index (χ0) is 20.5. The van der Waals surface area contributed by atoms with Crippen LogP contribution in [0.3, 0.4) is 0 Å². The number of hydrogen-bond donors (Lipinski definition) is 1. The third-order valence-corrected chi connectivity index (χ3v) is 6.56. The first-order chi connectivity index (χ1) is 14.7. The highest BCUT2D eigenvalue weighted by atomic mass is 16.2. The Morgan fingerprint density at radius 1 is 1.00 bits per heavy atom. The number of fused-ring (bicyclic) bond motifs is 1. The first-order valence-corrected chi connectivity index (χ1v) is 11.0. The Morgan fingerprint density at radius 3 is 2.57 bits per heavy atom. The number of piperidine rings is 1. The fourth-order valence-electron chi connectivity index (χ4n) is 4.85. The summed E-state index contributed by atoms with van der Waals surface area (Å²) in [6, 6.07) is 6.39. The first kappa shape index (κ1) is 19.1. The van der Waals surface area contributed by atoms with Gasteiger partial charge in [0.1, 0.15) is 12.1 Å². The van der Waals surface area contributed by atoms with E-state index in [1.807, 2.05) is 4.90 Å². The molecule has 3 aliphatic heterocycles. The highest BCUT2D eigenvalue weighted by Crippen LogP contribution is 2.30. The van der Waals surface area contributed by atoms with Crippen molar-refractivity contribution in [2.75, 3.05) is 55.6 Å². The van der Waals surface area contributed by atoms with E-state index in [9.17, 15) is 9.59 Å². The summed E-state index contributed by atoms with van der Waals surface area (Å²) in [5, 5.41) is 3.91. The van der Waals surface area contributed by atoms with E-state index < -0.39 is 0 Å². The van der Waals surface area contributed by atoms with Crippen LogP contribution in [0.4, 0.5) is 11.5 Å². The summed E-state index contributed by atoms with van der Waals surface area (Å²) in [4.78, 5) is 40.1. The molecule has 8 nitrogen and oxygen atoms in total. The van der Waals surface area contributed by atoms with Crippen molar-refractivity contribution in [1.82, 2.24) is 20.2 Å². The zero-order valence-corrected chi connectivity index (χ0v) is 17.2. The molecule has 1 aromatic heterocycles. The summed E-state index contributed by atoms with van der Waals surface area (Å²) >= 11 is 0. The van der Waals surface area contributed by atoms with Crippen LogP contribution in [0.25, 0.3) is 10.9 Å². The molecule has 3 saturated heterocycles. The van der Waals surface area contributed by atoms with E-state index >= 15 is 0 Å². The van der Waals surface area contributed by atoms with E-state index in [2.05, 4.69) is 43.3 Å². The molecule has 0 spiro atoms. The molecule has 1 unspecified atom stereocenters. The summed E-state index contributed by atoms with van der Waals surface area (Å²) in [5.41, 5.74) is 2.13. The van der Waals surface area contributed by atoms with Crippen LogP contribution in [0, 0.1) is 5.92 Å². The number of carbonyl (C=O) groups excluding carboxylic acids is 2. The topological polar surface area (TPSA) is 81.7 Å². The fraction of sp³-hybridized carbons (Fsp3) is 0.545. The summed E-state index contributed by atoms with van der Waals surface area (Å²) in [6.07, 6.45) is 5.15. The molecule has 0 saturated carbocycles. The molecule has 1 atom stereocenters. The minimum atomic E-state index is -0.161. The molecular weight excluding hydrogens is 380 g/mol. The second-order valence-electron chi connectivity index (χ2n) is 8.44. The lowest BCUT2D eigenvalue weighted by molar-refractivity contribution is -0.140. The molecule has 2 amide bonds. The average Bonchev–Trinajstić information content (AvgIpc) is 3.33. The van der Waals surface area contributed by atoms with E-state index in [4.69, 9.17) is 0 Å². The van der Waals surface area contributed by atoms with E-state index in [0.717, 1.165) is 55.0 Å². The predicted octanol–water partition coefficient (Wildman–Crippen LogP) is 1.40. The van der Waals surface area contributed by atoms with Crippen molar-refractivity contribution in [2.24, 2.45) is 5.92 Å². The molecular formula is C22H28N6O2. The van der Waals surface area contributed by atoms with Crippen LogP contribution < -0.4 is 15.1 Å². The van der Waals surface area contributed by atoms with Gasteiger partial charge in [0.25, 0.3) is 0 Å². The van der Waals surface area contributed by atoms with Gasteiger partial charge in [-0.25, -0.2) is 9.97 Å². The normalized spacial score (nSPS) is 22.5. The monoisotopic (exact) mass is 408 g/mol. The highest BCUT2D eigenvalue weighted by molar-refractivity contribution is 5.92. The minimum Gasteiger partial charge on any atom is -0.368 e. The van der Waals surface area contributed by atoms with Gasteiger partial charge in [0.05, 0.1) is 5.52 Å². The molecule has 1 N–H and O–H groups in total. The van der Waals surface area contributed by atoms with Crippen LogP contribution in [0.5, 0.6) is 0 Å². The average molecular weight is 409 g/mol. The molecule has 8 heteroatoms. The molecule has 0 radical (unpaired) electrons. The smallest absolute Gasteiger partial charge is 0.226 e. The Labute approximate surface area is 176 Å². The Balaban J connectivity index is 1.29. The van der Waals surface area contributed by atoms with Crippen LogP contribution in [0.1, 0.15) is 25.7 Å². The van der Waals surface area contributed by atoms with Crippen LogP contribution >= 0.6 is 0 Å². The van der Waals surface area contributed by atoms with Crippen molar-refractivity contribution in [3.8, 4) is 0 Å².